The quantitative estimate of drug-likeness (QED) is 0.897. The molecule has 2 aromatic rings. The van der Waals surface area contributed by atoms with Gasteiger partial charge in [-0.3, -0.25) is 0 Å². The van der Waals surface area contributed by atoms with Gasteiger partial charge in [-0.05, 0) is 31.2 Å². The van der Waals surface area contributed by atoms with Crippen molar-refractivity contribution in [3.8, 4) is 11.5 Å². The van der Waals surface area contributed by atoms with E-state index in [1.807, 2.05) is 13.0 Å². The van der Waals surface area contributed by atoms with Crippen molar-refractivity contribution in [1.29, 1.82) is 0 Å². The Morgan fingerprint density at radius 1 is 1.32 bits per heavy atom. The van der Waals surface area contributed by atoms with Crippen molar-refractivity contribution in [3.63, 3.8) is 0 Å². The van der Waals surface area contributed by atoms with E-state index in [1.54, 1.807) is 18.2 Å². The lowest BCUT2D eigenvalue weighted by Crippen LogP contribution is -2.04. The Morgan fingerprint density at radius 2 is 2.11 bits per heavy atom. The Bertz CT molecular complexity index is 585. The van der Waals surface area contributed by atoms with Crippen molar-refractivity contribution in [2.24, 2.45) is 0 Å². The molecule has 0 amide bonds. The summed E-state index contributed by atoms with van der Waals surface area (Å²) in [6.45, 7) is 1.98. The summed E-state index contributed by atoms with van der Waals surface area (Å²) in [5.74, 6) is 0.913. The van der Waals surface area contributed by atoms with E-state index in [4.69, 9.17) is 19.0 Å². The molecule has 100 valence electrons. The third-order valence-electron chi connectivity index (χ3n) is 2.58. The van der Waals surface area contributed by atoms with Crippen molar-refractivity contribution < 1.29 is 23.8 Å². The topological polar surface area (TPSA) is 68.9 Å². The minimum absolute atomic E-state index is 0.0580. The van der Waals surface area contributed by atoms with Gasteiger partial charge in [0.15, 0.2) is 11.5 Å². The second-order valence-corrected chi connectivity index (χ2v) is 3.94. The van der Waals surface area contributed by atoms with E-state index in [0.29, 0.717) is 11.5 Å². The molecule has 1 heterocycles. The highest BCUT2D eigenvalue weighted by Gasteiger charge is 2.16. The van der Waals surface area contributed by atoms with E-state index in [2.05, 4.69) is 0 Å². The van der Waals surface area contributed by atoms with Crippen LogP contribution in [-0.4, -0.2) is 18.2 Å². The number of benzene rings is 1. The average Bonchev–Trinajstić information content (AvgIpc) is 2.81. The number of hydrogen-bond donors (Lipinski definition) is 1. The Hall–Kier alpha value is -2.43. The number of rotatable bonds is 5. The lowest BCUT2D eigenvalue weighted by atomic mass is 10.2. The number of methoxy groups -OCH3 is 1. The average molecular weight is 262 g/mol. The van der Waals surface area contributed by atoms with Crippen LogP contribution in [0.1, 0.15) is 21.9 Å². The van der Waals surface area contributed by atoms with Gasteiger partial charge in [-0.15, -0.1) is 0 Å². The molecule has 5 heteroatoms. The predicted molar refractivity (Wildman–Crippen MR) is 67.7 cm³/mol. The third kappa shape index (κ3) is 2.88. The second kappa shape index (κ2) is 5.48. The zero-order valence-electron chi connectivity index (χ0n) is 10.7. The monoisotopic (exact) mass is 262 g/mol. The van der Waals surface area contributed by atoms with Gasteiger partial charge in [-0.2, -0.15) is 0 Å². The van der Waals surface area contributed by atoms with Gasteiger partial charge in [-0.25, -0.2) is 4.79 Å². The number of furan rings is 1. The minimum Gasteiger partial charge on any atom is -0.493 e. The molecule has 2 rings (SSSR count). The maximum atomic E-state index is 11.1. The first-order chi connectivity index (χ1) is 9.11. The predicted octanol–water partition coefficient (Wildman–Crippen LogP) is 2.87. The molecule has 0 unspecified atom stereocenters. The SMILES string of the molecule is COc1cccc(C(=O)O)c1OCc1ccc(C)o1. The van der Waals surface area contributed by atoms with Crippen LogP contribution in [0.3, 0.4) is 0 Å². The molecule has 0 fully saturated rings. The summed E-state index contributed by atoms with van der Waals surface area (Å²) in [7, 11) is 1.46. The molecular weight excluding hydrogens is 248 g/mol. The Balaban J connectivity index is 2.25. The van der Waals surface area contributed by atoms with Gasteiger partial charge >= 0.3 is 5.97 Å². The molecule has 0 saturated carbocycles. The van der Waals surface area contributed by atoms with Gasteiger partial charge < -0.3 is 19.0 Å². The summed E-state index contributed by atoms with van der Waals surface area (Å²) in [5, 5.41) is 9.13. The summed E-state index contributed by atoms with van der Waals surface area (Å²) >= 11 is 0. The summed E-state index contributed by atoms with van der Waals surface area (Å²) in [4.78, 5) is 11.1. The lowest BCUT2D eigenvalue weighted by Gasteiger charge is -2.12. The maximum Gasteiger partial charge on any atom is 0.339 e. The number of carboxylic acids is 1. The molecule has 0 aliphatic carbocycles. The van der Waals surface area contributed by atoms with Gasteiger partial charge in [0.1, 0.15) is 23.7 Å². The zero-order valence-corrected chi connectivity index (χ0v) is 10.7. The highest BCUT2D eigenvalue weighted by atomic mass is 16.5. The third-order valence-corrected chi connectivity index (χ3v) is 2.58. The van der Waals surface area contributed by atoms with Crippen molar-refractivity contribution in [2.75, 3.05) is 7.11 Å². The van der Waals surface area contributed by atoms with Crippen molar-refractivity contribution in [1.82, 2.24) is 0 Å². The maximum absolute atomic E-state index is 11.1. The molecule has 0 aliphatic rings. The number of para-hydroxylation sites is 1. The first-order valence-electron chi connectivity index (χ1n) is 5.70. The molecule has 0 spiro atoms. The van der Waals surface area contributed by atoms with Crippen molar-refractivity contribution in [3.05, 3.63) is 47.4 Å². The molecular formula is C14H14O5. The number of aryl methyl sites for hydroxylation is 1. The number of aromatic carboxylic acids is 1. The van der Waals surface area contributed by atoms with E-state index in [1.165, 1.54) is 13.2 Å². The molecule has 19 heavy (non-hydrogen) atoms. The van der Waals surface area contributed by atoms with Crippen LogP contribution in [0.5, 0.6) is 11.5 Å². The van der Waals surface area contributed by atoms with Gasteiger partial charge in [-0.1, -0.05) is 6.07 Å². The standard InChI is InChI=1S/C14H14O5/c1-9-6-7-10(19-9)8-18-13-11(14(15)16)4-3-5-12(13)17-2/h3-7H,8H2,1-2H3,(H,15,16). The van der Waals surface area contributed by atoms with Crippen LogP contribution in [0.2, 0.25) is 0 Å². The van der Waals surface area contributed by atoms with Gasteiger partial charge in [0.2, 0.25) is 0 Å². The fourth-order valence-corrected chi connectivity index (χ4v) is 1.70. The van der Waals surface area contributed by atoms with E-state index < -0.39 is 5.97 Å². The largest absolute Gasteiger partial charge is 0.493 e. The minimum atomic E-state index is -1.07. The highest BCUT2D eigenvalue weighted by molar-refractivity contribution is 5.92. The number of carbonyl (C=O) groups is 1. The molecule has 1 aromatic carbocycles. The number of ether oxygens (including phenoxy) is 2. The van der Waals surface area contributed by atoms with E-state index in [-0.39, 0.29) is 17.9 Å². The van der Waals surface area contributed by atoms with Gasteiger partial charge in [0.25, 0.3) is 0 Å². The molecule has 0 atom stereocenters. The van der Waals surface area contributed by atoms with Crippen LogP contribution in [0.4, 0.5) is 0 Å². The molecule has 0 radical (unpaired) electrons. The van der Waals surface area contributed by atoms with E-state index in [9.17, 15) is 4.79 Å². The van der Waals surface area contributed by atoms with Crippen LogP contribution < -0.4 is 9.47 Å². The van der Waals surface area contributed by atoms with Gasteiger partial charge in [0.05, 0.1) is 7.11 Å². The van der Waals surface area contributed by atoms with Crippen LogP contribution >= 0.6 is 0 Å². The highest BCUT2D eigenvalue weighted by Crippen LogP contribution is 2.31. The number of hydrogen-bond acceptors (Lipinski definition) is 4. The van der Waals surface area contributed by atoms with Gasteiger partial charge in [0, 0.05) is 0 Å². The summed E-state index contributed by atoms with van der Waals surface area (Å²) < 4.78 is 16.0. The van der Waals surface area contributed by atoms with Crippen LogP contribution in [-0.2, 0) is 6.61 Å². The molecule has 1 aromatic heterocycles. The Morgan fingerprint density at radius 3 is 2.68 bits per heavy atom. The number of carboxylic acid groups (broad SMARTS) is 1. The van der Waals surface area contributed by atoms with Crippen LogP contribution in [0, 0.1) is 6.92 Å². The lowest BCUT2D eigenvalue weighted by molar-refractivity contribution is 0.0690. The van der Waals surface area contributed by atoms with E-state index >= 15 is 0 Å². The van der Waals surface area contributed by atoms with Crippen molar-refractivity contribution in [2.45, 2.75) is 13.5 Å². The fourth-order valence-electron chi connectivity index (χ4n) is 1.70. The smallest absolute Gasteiger partial charge is 0.339 e. The zero-order chi connectivity index (χ0) is 13.8. The molecule has 0 saturated heterocycles. The van der Waals surface area contributed by atoms with Crippen LogP contribution in [0.15, 0.2) is 34.7 Å². The fraction of sp³-hybridized carbons (Fsp3) is 0.214. The molecule has 1 N–H and O–H groups in total. The normalized spacial score (nSPS) is 10.2. The molecule has 5 nitrogen and oxygen atoms in total. The van der Waals surface area contributed by atoms with Crippen molar-refractivity contribution >= 4 is 5.97 Å². The second-order valence-electron chi connectivity index (χ2n) is 3.94. The van der Waals surface area contributed by atoms with Crippen LogP contribution in [0.25, 0.3) is 0 Å². The first kappa shape index (κ1) is 13.0. The molecule has 0 aliphatic heterocycles. The van der Waals surface area contributed by atoms with E-state index in [0.717, 1.165) is 5.76 Å². The first-order valence-corrected chi connectivity index (χ1v) is 5.70. The Labute approximate surface area is 110 Å². The summed E-state index contributed by atoms with van der Waals surface area (Å²) in [6.07, 6.45) is 0. The Kier molecular flexibility index (Phi) is 3.75. The molecule has 0 bridgehead atoms. The summed E-state index contributed by atoms with van der Waals surface area (Å²) in [6, 6.07) is 8.32. The summed E-state index contributed by atoms with van der Waals surface area (Å²) in [5.41, 5.74) is 0.0580.